The molecular weight excluding hydrogens is 411 g/mol. The number of nitrogens with two attached hydrogens (primary N) is 1. The molecule has 1 atom stereocenters. The number of thioether (sulfide) groups is 1. The fourth-order valence-corrected chi connectivity index (χ4v) is 3.57. The number of imide groups is 1. The van der Waals surface area contributed by atoms with E-state index in [4.69, 9.17) is 10.8 Å². The van der Waals surface area contributed by atoms with Crippen LogP contribution in [0.5, 0.6) is 0 Å². The molecule has 10 heteroatoms. The molecule has 1 aliphatic heterocycles. The van der Waals surface area contributed by atoms with E-state index in [0.29, 0.717) is 17.0 Å². The average Bonchev–Trinajstić information content (AvgIpc) is 2.99. The smallest absolute Gasteiger partial charge is 0.335 e. The van der Waals surface area contributed by atoms with Gasteiger partial charge in [0, 0.05) is 6.42 Å². The maximum atomic E-state index is 13.0. The number of anilines is 1. The van der Waals surface area contributed by atoms with Gasteiger partial charge in [0.1, 0.15) is 11.1 Å². The SMILES string of the molecule is C/C(=N/N=C(N)S[C@H]1CC(=O)N(c2ccc(C(=O)O)cc2)C1=O)c1ccc(F)cc1. The lowest BCUT2D eigenvalue weighted by molar-refractivity contribution is -0.121. The number of carbonyl (C=O) groups excluding carboxylic acids is 2. The first-order valence-corrected chi connectivity index (χ1v) is 9.64. The molecule has 0 saturated carbocycles. The normalized spacial score (nSPS) is 17.5. The quantitative estimate of drug-likeness (QED) is 0.326. The molecule has 0 spiro atoms. The molecule has 0 aromatic heterocycles. The van der Waals surface area contributed by atoms with E-state index in [1.54, 1.807) is 19.1 Å². The molecule has 2 aromatic carbocycles. The lowest BCUT2D eigenvalue weighted by atomic mass is 10.1. The number of rotatable bonds is 5. The van der Waals surface area contributed by atoms with Gasteiger partial charge in [-0.15, -0.1) is 5.10 Å². The van der Waals surface area contributed by atoms with Gasteiger partial charge in [-0.2, -0.15) is 5.10 Å². The highest BCUT2D eigenvalue weighted by Crippen LogP contribution is 2.30. The number of amidine groups is 1. The number of carboxylic acid groups (broad SMARTS) is 1. The highest BCUT2D eigenvalue weighted by Gasteiger charge is 2.40. The Bertz CT molecular complexity index is 1050. The largest absolute Gasteiger partial charge is 0.478 e. The third kappa shape index (κ3) is 4.71. The van der Waals surface area contributed by atoms with Crippen molar-refractivity contribution in [3.8, 4) is 0 Å². The van der Waals surface area contributed by atoms with E-state index < -0.39 is 23.0 Å². The first kappa shape index (κ1) is 21.2. The molecule has 1 heterocycles. The summed E-state index contributed by atoms with van der Waals surface area (Å²) >= 11 is 0.920. The molecule has 0 radical (unpaired) electrons. The Morgan fingerprint density at radius 3 is 2.30 bits per heavy atom. The maximum absolute atomic E-state index is 13.0. The van der Waals surface area contributed by atoms with Crippen LogP contribution in [0.3, 0.4) is 0 Å². The van der Waals surface area contributed by atoms with Crippen molar-refractivity contribution >= 4 is 46.1 Å². The molecule has 0 unspecified atom stereocenters. The number of hydrogen-bond acceptors (Lipinski definition) is 6. The van der Waals surface area contributed by atoms with Crippen LogP contribution in [0.2, 0.25) is 0 Å². The molecular formula is C20H17FN4O4S. The first-order chi connectivity index (χ1) is 14.3. The van der Waals surface area contributed by atoms with E-state index in [0.717, 1.165) is 16.7 Å². The summed E-state index contributed by atoms with van der Waals surface area (Å²) in [4.78, 5) is 36.9. The van der Waals surface area contributed by atoms with E-state index in [1.165, 1.54) is 36.4 Å². The molecule has 0 bridgehead atoms. The second kappa shape index (κ2) is 8.87. The van der Waals surface area contributed by atoms with Gasteiger partial charge in [-0.05, 0) is 48.9 Å². The fourth-order valence-electron chi connectivity index (χ4n) is 2.76. The molecule has 30 heavy (non-hydrogen) atoms. The van der Waals surface area contributed by atoms with Crippen molar-refractivity contribution in [2.75, 3.05) is 4.90 Å². The van der Waals surface area contributed by atoms with Crippen molar-refractivity contribution in [1.82, 2.24) is 0 Å². The van der Waals surface area contributed by atoms with Crippen LogP contribution in [0.1, 0.15) is 29.3 Å². The van der Waals surface area contributed by atoms with Crippen LogP contribution in [0.25, 0.3) is 0 Å². The predicted octanol–water partition coefficient (Wildman–Crippen LogP) is 2.63. The number of aromatic carboxylic acids is 1. The lowest BCUT2D eigenvalue weighted by Crippen LogP contribution is -2.31. The van der Waals surface area contributed by atoms with E-state index in [9.17, 15) is 18.8 Å². The molecule has 154 valence electrons. The number of halogens is 1. The topological polar surface area (TPSA) is 125 Å². The zero-order valence-electron chi connectivity index (χ0n) is 15.8. The summed E-state index contributed by atoms with van der Waals surface area (Å²) in [7, 11) is 0. The molecule has 2 amide bonds. The van der Waals surface area contributed by atoms with Crippen LogP contribution >= 0.6 is 11.8 Å². The van der Waals surface area contributed by atoms with Crippen LogP contribution in [-0.4, -0.2) is 39.0 Å². The van der Waals surface area contributed by atoms with Crippen molar-refractivity contribution in [3.63, 3.8) is 0 Å². The number of benzene rings is 2. The van der Waals surface area contributed by atoms with Gasteiger partial charge in [-0.25, -0.2) is 14.1 Å². The van der Waals surface area contributed by atoms with Crippen LogP contribution in [-0.2, 0) is 9.59 Å². The summed E-state index contributed by atoms with van der Waals surface area (Å²) in [5.74, 6) is -2.35. The Morgan fingerprint density at radius 2 is 1.70 bits per heavy atom. The van der Waals surface area contributed by atoms with Crippen molar-refractivity contribution in [3.05, 3.63) is 65.5 Å². The van der Waals surface area contributed by atoms with Crippen molar-refractivity contribution in [2.24, 2.45) is 15.9 Å². The Kier molecular flexibility index (Phi) is 6.26. The zero-order chi connectivity index (χ0) is 21.8. The number of hydrogen-bond donors (Lipinski definition) is 2. The Morgan fingerprint density at radius 1 is 1.10 bits per heavy atom. The molecule has 2 aromatic rings. The van der Waals surface area contributed by atoms with E-state index in [-0.39, 0.29) is 23.0 Å². The summed E-state index contributed by atoms with van der Waals surface area (Å²) < 4.78 is 13.0. The van der Waals surface area contributed by atoms with Crippen LogP contribution < -0.4 is 10.6 Å². The molecule has 1 aliphatic rings. The van der Waals surface area contributed by atoms with Gasteiger partial charge in [-0.3, -0.25) is 9.59 Å². The molecule has 3 rings (SSSR count). The lowest BCUT2D eigenvalue weighted by Gasteiger charge is -2.14. The standard InChI is InChI=1S/C20H17FN4O4S/c1-11(12-2-6-14(21)7-3-12)23-24-20(22)30-16-10-17(26)25(18(16)27)15-8-4-13(5-9-15)19(28)29/h2-9,16H,10H2,1H3,(H2,22,24)(H,28,29)/b23-11-/t16-/m0/s1. The van der Waals surface area contributed by atoms with Gasteiger partial charge in [0.15, 0.2) is 5.17 Å². The van der Waals surface area contributed by atoms with Crippen LogP contribution in [0, 0.1) is 5.82 Å². The minimum absolute atomic E-state index is 0.00527. The Labute approximate surface area is 175 Å². The molecule has 3 N–H and O–H groups in total. The fraction of sp³-hybridized carbons (Fsp3) is 0.150. The highest BCUT2D eigenvalue weighted by atomic mass is 32.2. The maximum Gasteiger partial charge on any atom is 0.335 e. The van der Waals surface area contributed by atoms with E-state index in [1.807, 2.05) is 0 Å². The van der Waals surface area contributed by atoms with Gasteiger partial charge in [0.2, 0.25) is 11.8 Å². The van der Waals surface area contributed by atoms with Crippen molar-refractivity contribution in [1.29, 1.82) is 0 Å². The third-order valence-corrected chi connectivity index (χ3v) is 5.28. The van der Waals surface area contributed by atoms with E-state index >= 15 is 0 Å². The number of amides is 2. The summed E-state index contributed by atoms with van der Waals surface area (Å²) in [6, 6.07) is 11.2. The van der Waals surface area contributed by atoms with Crippen molar-refractivity contribution < 1.29 is 23.9 Å². The third-order valence-electron chi connectivity index (χ3n) is 4.30. The molecule has 1 saturated heterocycles. The average molecular weight is 428 g/mol. The van der Waals surface area contributed by atoms with Crippen LogP contribution in [0.15, 0.2) is 58.7 Å². The van der Waals surface area contributed by atoms with Crippen molar-refractivity contribution in [2.45, 2.75) is 18.6 Å². The number of carboxylic acids is 1. The van der Waals surface area contributed by atoms with Crippen LogP contribution in [0.4, 0.5) is 10.1 Å². The highest BCUT2D eigenvalue weighted by molar-refractivity contribution is 8.14. The van der Waals surface area contributed by atoms with Gasteiger partial charge < -0.3 is 10.8 Å². The minimum atomic E-state index is -1.10. The Balaban J connectivity index is 1.69. The molecule has 8 nitrogen and oxygen atoms in total. The predicted molar refractivity (Wildman–Crippen MR) is 112 cm³/mol. The summed E-state index contributed by atoms with van der Waals surface area (Å²) in [5.41, 5.74) is 7.36. The minimum Gasteiger partial charge on any atom is -0.478 e. The Hall–Kier alpha value is -3.53. The van der Waals surface area contributed by atoms with Gasteiger partial charge in [0.05, 0.1) is 17.0 Å². The van der Waals surface area contributed by atoms with Gasteiger partial charge in [0.25, 0.3) is 0 Å². The zero-order valence-corrected chi connectivity index (χ0v) is 16.6. The second-order valence-corrected chi connectivity index (χ2v) is 7.58. The van der Waals surface area contributed by atoms with E-state index in [2.05, 4.69) is 10.2 Å². The second-order valence-electron chi connectivity index (χ2n) is 6.36. The number of carbonyl (C=O) groups is 3. The molecule has 1 fully saturated rings. The van der Waals surface area contributed by atoms with Gasteiger partial charge >= 0.3 is 5.97 Å². The first-order valence-electron chi connectivity index (χ1n) is 8.76. The number of nitrogens with zero attached hydrogens (tertiary/aromatic N) is 3. The van der Waals surface area contributed by atoms with Gasteiger partial charge in [-0.1, -0.05) is 23.9 Å². The monoisotopic (exact) mass is 428 g/mol. The summed E-state index contributed by atoms with van der Waals surface area (Å²) in [6.07, 6.45) is -0.0684. The molecule has 0 aliphatic carbocycles. The summed E-state index contributed by atoms with van der Waals surface area (Å²) in [6.45, 7) is 1.68. The summed E-state index contributed by atoms with van der Waals surface area (Å²) in [5, 5.41) is 16.1.